The van der Waals surface area contributed by atoms with Gasteiger partial charge in [0.05, 0.1) is 12.1 Å². The van der Waals surface area contributed by atoms with Gasteiger partial charge in [0, 0.05) is 32.1 Å². The molecule has 0 saturated carbocycles. The number of amides is 1. The van der Waals surface area contributed by atoms with Crippen molar-refractivity contribution in [2.24, 2.45) is 0 Å². The van der Waals surface area contributed by atoms with Crippen molar-refractivity contribution in [3.8, 4) is 11.4 Å². The van der Waals surface area contributed by atoms with Gasteiger partial charge in [0.25, 0.3) is 0 Å². The predicted molar refractivity (Wildman–Crippen MR) is 105 cm³/mol. The first-order valence-electron chi connectivity index (χ1n) is 9.88. The minimum Gasteiger partial charge on any atom is -0.475 e. The summed E-state index contributed by atoms with van der Waals surface area (Å²) in [5.41, 5.74) is 0.750. The third-order valence-corrected chi connectivity index (χ3v) is 5.66. The molecule has 1 amide bonds. The van der Waals surface area contributed by atoms with Crippen LogP contribution < -0.4 is 0 Å². The van der Waals surface area contributed by atoms with Gasteiger partial charge < -0.3 is 14.6 Å². The average Bonchev–Trinajstić information content (AvgIpc) is 3.13. The second-order valence-electron chi connectivity index (χ2n) is 7.99. The number of alkyl halides is 3. The molecule has 1 spiro atoms. The van der Waals surface area contributed by atoms with Gasteiger partial charge in [0.15, 0.2) is 5.82 Å². The molecule has 2 aliphatic rings. The van der Waals surface area contributed by atoms with Crippen LogP contribution in [0.1, 0.15) is 25.6 Å². The summed E-state index contributed by atoms with van der Waals surface area (Å²) in [4.78, 5) is 24.8. The van der Waals surface area contributed by atoms with Gasteiger partial charge in [0.2, 0.25) is 5.91 Å². The van der Waals surface area contributed by atoms with Crippen molar-refractivity contribution in [3.05, 3.63) is 35.9 Å². The third kappa shape index (κ3) is 4.90. The summed E-state index contributed by atoms with van der Waals surface area (Å²) in [6.07, 6.45) is -3.34. The molecule has 32 heavy (non-hydrogen) atoms. The number of fused-ring (bicyclic) bond motifs is 2. The van der Waals surface area contributed by atoms with Crippen LogP contribution >= 0.6 is 0 Å². The van der Waals surface area contributed by atoms with E-state index in [2.05, 4.69) is 26.7 Å². The van der Waals surface area contributed by atoms with Gasteiger partial charge in [-0.25, -0.2) is 9.18 Å². The highest BCUT2D eigenvalue weighted by atomic mass is 19.4. The lowest BCUT2D eigenvalue weighted by Crippen LogP contribution is -2.55. The molecular weight excluding hydrogens is 434 g/mol. The highest BCUT2D eigenvalue weighted by Crippen LogP contribution is 2.38. The van der Waals surface area contributed by atoms with E-state index in [0.29, 0.717) is 0 Å². The van der Waals surface area contributed by atoms with Gasteiger partial charge in [-0.3, -0.25) is 9.69 Å². The SMILES string of the molecule is CC(=O)N1CCC2(CC1)CN(C)Cc1nnc(-c3ccc(F)cc3)n12.O=C(O)C(F)(F)F. The number of hydrogen-bond acceptors (Lipinski definition) is 5. The molecule has 1 fully saturated rings. The predicted octanol–water partition coefficient (Wildman–Crippen LogP) is 2.50. The van der Waals surface area contributed by atoms with Crippen molar-refractivity contribution < 1.29 is 32.3 Å². The van der Waals surface area contributed by atoms with E-state index in [1.807, 2.05) is 4.90 Å². The topological polar surface area (TPSA) is 91.6 Å². The molecule has 1 aromatic carbocycles. The molecule has 2 aromatic rings. The molecule has 3 heterocycles. The van der Waals surface area contributed by atoms with Crippen LogP contribution in [0.2, 0.25) is 0 Å². The zero-order valence-corrected chi connectivity index (χ0v) is 17.6. The van der Waals surface area contributed by atoms with E-state index in [4.69, 9.17) is 9.90 Å². The van der Waals surface area contributed by atoms with E-state index < -0.39 is 12.1 Å². The molecule has 1 saturated heterocycles. The van der Waals surface area contributed by atoms with Gasteiger partial charge in [-0.05, 0) is 44.2 Å². The van der Waals surface area contributed by atoms with E-state index in [1.54, 1.807) is 19.1 Å². The Hall–Kier alpha value is -3.02. The van der Waals surface area contributed by atoms with Crippen molar-refractivity contribution in [3.63, 3.8) is 0 Å². The van der Waals surface area contributed by atoms with Crippen molar-refractivity contribution in [1.29, 1.82) is 0 Å². The number of carbonyl (C=O) groups excluding carboxylic acids is 1. The summed E-state index contributed by atoms with van der Waals surface area (Å²) < 4.78 is 47.3. The van der Waals surface area contributed by atoms with Gasteiger partial charge >= 0.3 is 12.1 Å². The Bertz CT molecular complexity index is 982. The monoisotopic (exact) mass is 457 g/mol. The number of aliphatic carboxylic acids is 1. The van der Waals surface area contributed by atoms with E-state index >= 15 is 0 Å². The molecule has 0 aliphatic carbocycles. The van der Waals surface area contributed by atoms with Crippen LogP contribution in [0.3, 0.4) is 0 Å². The van der Waals surface area contributed by atoms with Gasteiger partial charge in [-0.1, -0.05) is 0 Å². The molecule has 8 nitrogen and oxygen atoms in total. The Balaban J connectivity index is 0.000000360. The number of carbonyl (C=O) groups is 2. The Kier molecular flexibility index (Phi) is 6.54. The van der Waals surface area contributed by atoms with Crippen molar-refractivity contribution in [1.82, 2.24) is 24.6 Å². The molecule has 2 aliphatic heterocycles. The summed E-state index contributed by atoms with van der Waals surface area (Å²) in [6.45, 7) is 4.75. The molecule has 0 bridgehead atoms. The maximum Gasteiger partial charge on any atom is 0.490 e. The number of benzene rings is 1. The second kappa shape index (κ2) is 8.85. The summed E-state index contributed by atoms with van der Waals surface area (Å²) in [5, 5.41) is 16.0. The van der Waals surface area contributed by atoms with Crippen LogP contribution in [0, 0.1) is 5.82 Å². The molecule has 1 aromatic heterocycles. The van der Waals surface area contributed by atoms with E-state index in [9.17, 15) is 22.4 Å². The summed E-state index contributed by atoms with van der Waals surface area (Å²) in [5.74, 6) is -1.16. The largest absolute Gasteiger partial charge is 0.490 e. The summed E-state index contributed by atoms with van der Waals surface area (Å²) in [6, 6.07) is 6.42. The van der Waals surface area contributed by atoms with E-state index in [-0.39, 0.29) is 17.3 Å². The number of carboxylic acids is 1. The number of rotatable bonds is 1. The third-order valence-electron chi connectivity index (χ3n) is 5.66. The van der Waals surface area contributed by atoms with Crippen molar-refractivity contribution in [2.75, 3.05) is 26.7 Å². The van der Waals surface area contributed by atoms with Gasteiger partial charge in [0.1, 0.15) is 11.6 Å². The number of halogens is 4. The standard InChI is InChI=1S/C18H22FN5O.C2HF3O2/c1-13(25)23-9-7-18(8-10-23)12-22(2)11-16-20-21-17(24(16)18)14-3-5-15(19)6-4-14;3-2(4,5)1(6)7/h3-6H,7-12H2,1-2H3;(H,6,7). The quantitative estimate of drug-likeness (QED) is 0.662. The fraction of sp³-hybridized carbons (Fsp3) is 0.500. The molecule has 174 valence electrons. The Morgan fingerprint density at radius 2 is 1.66 bits per heavy atom. The summed E-state index contributed by atoms with van der Waals surface area (Å²) >= 11 is 0. The maximum absolute atomic E-state index is 13.3. The lowest BCUT2D eigenvalue weighted by Gasteiger charge is -2.48. The molecule has 12 heteroatoms. The number of aromatic nitrogens is 3. The summed E-state index contributed by atoms with van der Waals surface area (Å²) in [7, 11) is 2.09. The van der Waals surface area contributed by atoms with Crippen LogP contribution in [0.25, 0.3) is 11.4 Å². The number of hydrogen-bond donors (Lipinski definition) is 1. The molecule has 4 rings (SSSR count). The Morgan fingerprint density at radius 1 is 1.09 bits per heavy atom. The fourth-order valence-corrected chi connectivity index (χ4v) is 4.19. The number of nitrogens with zero attached hydrogens (tertiary/aromatic N) is 5. The van der Waals surface area contributed by atoms with Crippen LogP contribution in [-0.4, -0.2) is 74.4 Å². The Morgan fingerprint density at radius 3 is 2.16 bits per heavy atom. The lowest BCUT2D eigenvalue weighted by atomic mass is 9.84. The van der Waals surface area contributed by atoms with Crippen molar-refractivity contribution >= 4 is 11.9 Å². The number of likely N-dealkylation sites (tertiary alicyclic amines) is 1. The number of piperidine rings is 1. The van der Waals surface area contributed by atoms with Crippen LogP contribution in [0.15, 0.2) is 24.3 Å². The first-order chi connectivity index (χ1) is 14.9. The maximum atomic E-state index is 13.3. The molecule has 1 N–H and O–H groups in total. The molecule has 0 unspecified atom stereocenters. The van der Waals surface area contributed by atoms with Crippen LogP contribution in [0.5, 0.6) is 0 Å². The molecule has 0 radical (unpaired) electrons. The van der Waals surface area contributed by atoms with Crippen molar-refractivity contribution in [2.45, 2.75) is 38.0 Å². The first-order valence-corrected chi connectivity index (χ1v) is 9.88. The zero-order valence-electron chi connectivity index (χ0n) is 17.6. The van der Waals surface area contributed by atoms with E-state index in [0.717, 1.165) is 56.2 Å². The lowest BCUT2D eigenvalue weighted by molar-refractivity contribution is -0.192. The normalized spacial score (nSPS) is 18.0. The smallest absolute Gasteiger partial charge is 0.475 e. The molecule has 0 atom stereocenters. The minimum absolute atomic E-state index is 0.124. The number of carboxylic acid groups (broad SMARTS) is 1. The highest BCUT2D eigenvalue weighted by Gasteiger charge is 2.44. The van der Waals surface area contributed by atoms with Gasteiger partial charge in [-0.15, -0.1) is 10.2 Å². The number of likely N-dealkylation sites (N-methyl/N-ethyl adjacent to an activating group) is 1. The minimum atomic E-state index is -5.08. The molecular formula is C20H23F4N5O3. The van der Waals surface area contributed by atoms with Gasteiger partial charge in [-0.2, -0.15) is 13.2 Å². The average molecular weight is 457 g/mol. The van der Waals surface area contributed by atoms with E-state index in [1.165, 1.54) is 12.1 Å². The van der Waals surface area contributed by atoms with Crippen LogP contribution in [-0.2, 0) is 21.7 Å². The highest BCUT2D eigenvalue weighted by molar-refractivity contribution is 5.73. The fourth-order valence-electron chi connectivity index (χ4n) is 4.19. The zero-order chi connectivity index (χ0) is 23.7. The second-order valence-corrected chi connectivity index (χ2v) is 7.99. The first kappa shape index (κ1) is 23.6. The Labute approximate surface area is 181 Å². The van der Waals surface area contributed by atoms with Crippen LogP contribution in [0.4, 0.5) is 17.6 Å².